The number of carbonyl (C=O) groups is 1. The van der Waals surface area contributed by atoms with E-state index in [0.29, 0.717) is 18.9 Å². The summed E-state index contributed by atoms with van der Waals surface area (Å²) in [6.07, 6.45) is 7.49. The highest BCUT2D eigenvalue weighted by Crippen LogP contribution is 2.28. The normalized spacial score (nSPS) is 24.6. The van der Waals surface area contributed by atoms with E-state index in [1.165, 1.54) is 12.8 Å². The minimum absolute atomic E-state index is 0.0899. The molecule has 3 heteroatoms. The topological polar surface area (TPSA) is 46.3 Å². The molecular formula is C15H30N2O. The van der Waals surface area contributed by atoms with E-state index in [9.17, 15) is 4.79 Å². The van der Waals surface area contributed by atoms with Crippen LogP contribution in [-0.2, 0) is 4.79 Å². The van der Waals surface area contributed by atoms with E-state index >= 15 is 0 Å². The largest absolute Gasteiger partial charge is 0.336 e. The first kappa shape index (κ1) is 15.5. The third-order valence-corrected chi connectivity index (χ3v) is 4.16. The van der Waals surface area contributed by atoms with Crippen LogP contribution >= 0.6 is 0 Å². The maximum atomic E-state index is 12.3. The number of likely N-dealkylation sites (tertiary alicyclic amines) is 1. The Bertz CT molecular complexity index is 265. The quantitative estimate of drug-likeness (QED) is 0.741. The van der Waals surface area contributed by atoms with Gasteiger partial charge in [-0.25, -0.2) is 0 Å². The van der Waals surface area contributed by atoms with Gasteiger partial charge in [0.15, 0.2) is 0 Å². The second kappa shape index (κ2) is 7.13. The summed E-state index contributed by atoms with van der Waals surface area (Å²) in [5.74, 6) is 1.05. The first-order valence-electron chi connectivity index (χ1n) is 7.50. The van der Waals surface area contributed by atoms with Gasteiger partial charge >= 0.3 is 0 Å². The third-order valence-electron chi connectivity index (χ3n) is 4.16. The van der Waals surface area contributed by atoms with Gasteiger partial charge < -0.3 is 10.6 Å². The van der Waals surface area contributed by atoms with Crippen molar-refractivity contribution in [2.75, 3.05) is 13.1 Å². The van der Waals surface area contributed by atoms with Gasteiger partial charge in [-0.2, -0.15) is 0 Å². The zero-order valence-electron chi connectivity index (χ0n) is 12.4. The molecule has 2 N–H and O–H groups in total. The zero-order valence-corrected chi connectivity index (χ0v) is 12.4. The maximum Gasteiger partial charge on any atom is 0.223 e. The van der Waals surface area contributed by atoms with Crippen molar-refractivity contribution in [1.82, 2.24) is 4.90 Å². The summed E-state index contributed by atoms with van der Waals surface area (Å²) in [5, 5.41) is 0. The summed E-state index contributed by atoms with van der Waals surface area (Å²) in [6.45, 7) is 8.09. The Balaban J connectivity index is 2.39. The van der Waals surface area contributed by atoms with Gasteiger partial charge in [0.2, 0.25) is 5.91 Å². The first-order valence-corrected chi connectivity index (χ1v) is 7.50. The van der Waals surface area contributed by atoms with Crippen LogP contribution in [0.25, 0.3) is 0 Å². The molecule has 0 radical (unpaired) electrons. The molecule has 1 aliphatic heterocycles. The summed E-state index contributed by atoms with van der Waals surface area (Å²) < 4.78 is 0. The molecule has 0 aromatic rings. The van der Waals surface area contributed by atoms with Crippen molar-refractivity contribution in [2.45, 2.75) is 71.3 Å². The van der Waals surface area contributed by atoms with Crippen LogP contribution in [0.4, 0.5) is 0 Å². The molecule has 1 aliphatic rings. The summed E-state index contributed by atoms with van der Waals surface area (Å²) in [5.41, 5.74) is 5.78. The van der Waals surface area contributed by atoms with E-state index in [1.54, 1.807) is 0 Å². The molecule has 1 fully saturated rings. The van der Waals surface area contributed by atoms with Crippen LogP contribution in [0.3, 0.4) is 0 Å². The van der Waals surface area contributed by atoms with Gasteiger partial charge in [0.05, 0.1) is 5.54 Å². The second-order valence-corrected chi connectivity index (χ2v) is 6.34. The lowest BCUT2D eigenvalue weighted by Crippen LogP contribution is -2.56. The Morgan fingerprint density at radius 1 is 1.33 bits per heavy atom. The molecule has 3 nitrogen and oxygen atoms in total. The molecule has 1 heterocycles. The average molecular weight is 254 g/mol. The molecule has 18 heavy (non-hydrogen) atoms. The average Bonchev–Trinajstić information content (AvgIpc) is 2.34. The van der Waals surface area contributed by atoms with Gasteiger partial charge in [-0.1, -0.05) is 26.7 Å². The molecule has 0 bridgehead atoms. The SMILES string of the molecule is CC(C)CCCCC(=O)N1CCCCC1(C)CN. The molecular weight excluding hydrogens is 224 g/mol. The minimum Gasteiger partial charge on any atom is -0.336 e. The molecule has 0 aromatic heterocycles. The molecule has 1 unspecified atom stereocenters. The summed E-state index contributed by atoms with van der Waals surface area (Å²) >= 11 is 0. The van der Waals surface area contributed by atoms with Crippen LogP contribution in [0.2, 0.25) is 0 Å². The Morgan fingerprint density at radius 3 is 2.67 bits per heavy atom. The van der Waals surface area contributed by atoms with E-state index in [2.05, 4.69) is 20.8 Å². The predicted octanol–water partition coefficient (Wildman–Crippen LogP) is 2.93. The number of nitrogens with zero attached hydrogens (tertiary/aromatic N) is 1. The Hall–Kier alpha value is -0.570. The molecule has 1 amide bonds. The minimum atomic E-state index is -0.0899. The lowest BCUT2D eigenvalue weighted by atomic mass is 9.88. The summed E-state index contributed by atoms with van der Waals surface area (Å²) in [4.78, 5) is 14.3. The Kier molecular flexibility index (Phi) is 6.13. The van der Waals surface area contributed by atoms with Crippen molar-refractivity contribution in [2.24, 2.45) is 11.7 Å². The maximum absolute atomic E-state index is 12.3. The monoisotopic (exact) mass is 254 g/mol. The lowest BCUT2D eigenvalue weighted by Gasteiger charge is -2.44. The van der Waals surface area contributed by atoms with Crippen LogP contribution in [0.15, 0.2) is 0 Å². The van der Waals surface area contributed by atoms with E-state index in [4.69, 9.17) is 5.73 Å². The molecule has 1 saturated heterocycles. The summed E-state index contributed by atoms with van der Waals surface area (Å²) in [7, 11) is 0. The Morgan fingerprint density at radius 2 is 2.06 bits per heavy atom. The standard InChI is InChI=1S/C15H30N2O/c1-13(2)8-4-5-9-14(18)17-11-7-6-10-15(17,3)12-16/h13H,4-12,16H2,1-3H3. The number of nitrogens with two attached hydrogens (primary N) is 1. The Labute approximate surface area is 112 Å². The van der Waals surface area contributed by atoms with Gasteiger partial charge in [0, 0.05) is 19.5 Å². The number of carbonyl (C=O) groups excluding carboxylic acids is 1. The van der Waals surface area contributed by atoms with Crippen molar-refractivity contribution in [3.8, 4) is 0 Å². The van der Waals surface area contributed by atoms with Crippen LogP contribution in [0, 0.1) is 5.92 Å². The number of rotatable bonds is 6. The molecule has 0 spiro atoms. The highest BCUT2D eigenvalue weighted by molar-refractivity contribution is 5.77. The number of hydrogen-bond acceptors (Lipinski definition) is 2. The molecule has 0 saturated carbocycles. The highest BCUT2D eigenvalue weighted by atomic mass is 16.2. The lowest BCUT2D eigenvalue weighted by molar-refractivity contribution is -0.139. The van der Waals surface area contributed by atoms with Gasteiger partial charge in [-0.15, -0.1) is 0 Å². The van der Waals surface area contributed by atoms with Crippen molar-refractivity contribution < 1.29 is 4.79 Å². The van der Waals surface area contributed by atoms with E-state index in [-0.39, 0.29) is 5.54 Å². The molecule has 0 aromatic carbocycles. The van der Waals surface area contributed by atoms with Crippen LogP contribution in [0.1, 0.15) is 65.7 Å². The smallest absolute Gasteiger partial charge is 0.223 e. The van der Waals surface area contributed by atoms with Crippen LogP contribution in [-0.4, -0.2) is 29.4 Å². The van der Waals surface area contributed by atoms with Crippen molar-refractivity contribution >= 4 is 5.91 Å². The van der Waals surface area contributed by atoms with E-state index < -0.39 is 0 Å². The van der Waals surface area contributed by atoms with Crippen molar-refractivity contribution in [3.05, 3.63) is 0 Å². The van der Waals surface area contributed by atoms with Gasteiger partial charge in [0.25, 0.3) is 0 Å². The number of unbranched alkanes of at least 4 members (excludes halogenated alkanes) is 1. The fourth-order valence-corrected chi connectivity index (χ4v) is 2.78. The fourth-order valence-electron chi connectivity index (χ4n) is 2.78. The molecule has 1 atom stereocenters. The molecule has 106 valence electrons. The number of hydrogen-bond donors (Lipinski definition) is 1. The van der Waals surface area contributed by atoms with Crippen LogP contribution in [0.5, 0.6) is 0 Å². The van der Waals surface area contributed by atoms with Gasteiger partial charge in [-0.3, -0.25) is 4.79 Å². The van der Waals surface area contributed by atoms with E-state index in [0.717, 1.165) is 38.1 Å². The van der Waals surface area contributed by atoms with Crippen molar-refractivity contribution in [1.29, 1.82) is 0 Å². The number of piperidine rings is 1. The highest BCUT2D eigenvalue weighted by Gasteiger charge is 2.35. The van der Waals surface area contributed by atoms with Gasteiger partial charge in [-0.05, 0) is 38.5 Å². The van der Waals surface area contributed by atoms with Crippen LogP contribution < -0.4 is 5.73 Å². The second-order valence-electron chi connectivity index (χ2n) is 6.34. The zero-order chi connectivity index (χ0) is 13.6. The first-order chi connectivity index (χ1) is 8.49. The third kappa shape index (κ3) is 4.27. The fraction of sp³-hybridized carbons (Fsp3) is 0.933. The summed E-state index contributed by atoms with van der Waals surface area (Å²) in [6, 6.07) is 0. The molecule has 1 rings (SSSR count). The number of amides is 1. The van der Waals surface area contributed by atoms with Gasteiger partial charge in [0.1, 0.15) is 0 Å². The van der Waals surface area contributed by atoms with Crippen molar-refractivity contribution in [3.63, 3.8) is 0 Å². The molecule has 0 aliphatic carbocycles. The van der Waals surface area contributed by atoms with E-state index in [1.807, 2.05) is 4.90 Å². The predicted molar refractivity (Wildman–Crippen MR) is 76.3 cm³/mol.